The van der Waals surface area contributed by atoms with Crippen molar-refractivity contribution in [3.63, 3.8) is 0 Å². The minimum absolute atomic E-state index is 0.716. The van der Waals surface area contributed by atoms with Crippen molar-refractivity contribution < 1.29 is 0 Å². The van der Waals surface area contributed by atoms with E-state index in [2.05, 4.69) is 15.0 Å². The fraction of sp³-hybridized carbons (Fsp3) is 0.111. The molecular weight excluding hydrogens is 150 g/mol. The summed E-state index contributed by atoms with van der Waals surface area (Å²) in [7, 11) is 0. The second kappa shape index (κ2) is 3.17. The number of aromatic nitrogens is 1. The highest BCUT2D eigenvalue weighted by molar-refractivity contribution is 6.18. The number of rotatable bonds is 2. The Kier molecular flexibility index (Phi) is 1.86. The fourth-order valence-electron chi connectivity index (χ4n) is 1.03. The smallest absolute Gasteiger partial charge is 0.246 e. The van der Waals surface area contributed by atoms with Gasteiger partial charge in [-0.2, -0.15) is 0 Å². The van der Waals surface area contributed by atoms with Gasteiger partial charge in [-0.3, -0.25) is 4.98 Å². The number of pyridine rings is 1. The molecule has 12 heavy (non-hydrogen) atoms. The molecule has 1 aromatic heterocycles. The minimum atomic E-state index is 0.716. The standard InChI is InChI=1S/C9H8N3/c1-2-4-10-8(3-1)7-9-11-5-6-12-9/h1-6H,7H2/q+1. The predicted molar refractivity (Wildman–Crippen MR) is 48.2 cm³/mol. The molecular formula is C9H8N3+. The average molecular weight is 158 g/mol. The second-order valence-corrected chi connectivity index (χ2v) is 2.47. The van der Waals surface area contributed by atoms with Crippen molar-refractivity contribution in [1.29, 1.82) is 0 Å². The van der Waals surface area contributed by atoms with Crippen molar-refractivity contribution in [1.82, 2.24) is 4.98 Å². The van der Waals surface area contributed by atoms with Gasteiger partial charge in [-0.05, 0) is 12.1 Å². The van der Waals surface area contributed by atoms with Crippen LogP contribution in [-0.2, 0) is 6.42 Å². The van der Waals surface area contributed by atoms with E-state index in [-0.39, 0.29) is 0 Å². The maximum atomic E-state index is 4.17. The van der Waals surface area contributed by atoms with Crippen LogP contribution in [-0.4, -0.2) is 17.4 Å². The third kappa shape index (κ3) is 1.50. The Morgan fingerprint density at radius 2 is 2.00 bits per heavy atom. The number of aliphatic imine (C=N–C) groups is 2. The number of hydrogen-bond acceptors (Lipinski definition) is 3. The van der Waals surface area contributed by atoms with Crippen molar-refractivity contribution in [3.05, 3.63) is 36.3 Å². The van der Waals surface area contributed by atoms with Crippen LogP contribution in [0.15, 0.2) is 34.4 Å². The Labute approximate surface area is 70.9 Å². The Hall–Kier alpha value is -1.64. The monoisotopic (exact) mass is 158 g/mol. The molecule has 0 spiro atoms. The Morgan fingerprint density at radius 3 is 2.67 bits per heavy atom. The molecule has 0 saturated heterocycles. The summed E-state index contributed by atoms with van der Waals surface area (Å²) in [4.78, 5) is 12.3. The first kappa shape index (κ1) is 7.03. The molecule has 2 rings (SSSR count). The third-order valence-corrected chi connectivity index (χ3v) is 1.58. The zero-order chi connectivity index (χ0) is 8.23. The first-order valence-corrected chi connectivity index (χ1v) is 3.77. The van der Waals surface area contributed by atoms with Crippen LogP contribution in [0.4, 0.5) is 0 Å². The third-order valence-electron chi connectivity index (χ3n) is 1.58. The molecule has 1 aromatic rings. The van der Waals surface area contributed by atoms with Gasteiger partial charge in [0.05, 0.1) is 12.1 Å². The maximum Gasteiger partial charge on any atom is 0.246 e. The molecule has 0 N–H and O–H groups in total. The summed E-state index contributed by atoms with van der Waals surface area (Å²) in [5.41, 5.74) is 1.00. The summed E-state index contributed by atoms with van der Waals surface area (Å²) in [5.74, 6) is 0. The van der Waals surface area contributed by atoms with Crippen molar-refractivity contribution in [2.75, 3.05) is 0 Å². The maximum absolute atomic E-state index is 4.17. The molecule has 58 valence electrons. The molecule has 0 fully saturated rings. The van der Waals surface area contributed by atoms with Crippen LogP contribution >= 0.6 is 0 Å². The molecule has 0 radical (unpaired) electrons. The van der Waals surface area contributed by atoms with E-state index in [4.69, 9.17) is 0 Å². The highest BCUT2D eigenvalue weighted by Gasteiger charge is 2.16. The van der Waals surface area contributed by atoms with Crippen molar-refractivity contribution in [2.45, 2.75) is 6.42 Å². The summed E-state index contributed by atoms with van der Waals surface area (Å²) in [6.07, 6.45) is 6.71. The molecule has 0 aliphatic carbocycles. The lowest BCUT2D eigenvalue weighted by molar-refractivity contribution is 0.877. The lowest BCUT2D eigenvalue weighted by atomic mass is 10.2. The lowest BCUT2D eigenvalue weighted by Crippen LogP contribution is -1.95. The van der Waals surface area contributed by atoms with Gasteiger partial charge >= 0.3 is 0 Å². The fourth-order valence-corrected chi connectivity index (χ4v) is 1.03. The quantitative estimate of drug-likeness (QED) is 0.597. The van der Waals surface area contributed by atoms with E-state index in [0.717, 1.165) is 11.9 Å². The van der Waals surface area contributed by atoms with Gasteiger partial charge < -0.3 is 0 Å². The number of hydrogen-bond donors (Lipinski definition) is 0. The van der Waals surface area contributed by atoms with Crippen molar-refractivity contribution >= 4 is 12.4 Å². The van der Waals surface area contributed by atoms with E-state index in [1.54, 1.807) is 18.6 Å². The zero-order valence-electron chi connectivity index (χ0n) is 6.51. The van der Waals surface area contributed by atoms with Crippen LogP contribution in [0.25, 0.3) is 0 Å². The second-order valence-electron chi connectivity index (χ2n) is 2.47. The van der Waals surface area contributed by atoms with Crippen LogP contribution < -0.4 is 0 Å². The molecule has 0 atom stereocenters. The topological polar surface area (TPSA) is 37.6 Å². The van der Waals surface area contributed by atoms with E-state index in [1.165, 1.54) is 0 Å². The van der Waals surface area contributed by atoms with Crippen LogP contribution in [0.3, 0.4) is 0 Å². The van der Waals surface area contributed by atoms with Gasteiger partial charge in [0.1, 0.15) is 0 Å². The van der Waals surface area contributed by atoms with Crippen LogP contribution in [0.5, 0.6) is 0 Å². The molecule has 0 saturated carbocycles. The molecule has 1 aliphatic rings. The first-order valence-electron chi connectivity index (χ1n) is 3.77. The highest BCUT2D eigenvalue weighted by atomic mass is 15.0. The molecule has 0 unspecified atom stereocenters. The lowest BCUT2D eigenvalue weighted by Gasteiger charge is -1.95. The molecule has 3 nitrogen and oxygen atoms in total. The molecule has 0 aromatic carbocycles. The average Bonchev–Trinajstić information content (AvgIpc) is 2.59. The van der Waals surface area contributed by atoms with Crippen molar-refractivity contribution in [3.8, 4) is 0 Å². The Morgan fingerprint density at radius 1 is 1.17 bits per heavy atom. The van der Waals surface area contributed by atoms with Crippen molar-refractivity contribution in [2.24, 2.45) is 9.98 Å². The molecule has 2 heterocycles. The number of nitrogens with zero attached hydrogens (tertiary/aromatic N) is 3. The van der Waals surface area contributed by atoms with Crippen LogP contribution in [0, 0.1) is 6.17 Å². The molecule has 3 heteroatoms. The molecule has 0 amide bonds. The SMILES string of the molecule is C1=N[C+](Cc2ccccn2)N=C1. The van der Waals surface area contributed by atoms with E-state index in [1.807, 2.05) is 18.2 Å². The van der Waals surface area contributed by atoms with E-state index < -0.39 is 0 Å². The summed E-state index contributed by atoms with van der Waals surface area (Å²) in [5, 5.41) is 0. The summed E-state index contributed by atoms with van der Waals surface area (Å²) >= 11 is 0. The first-order chi connectivity index (χ1) is 5.95. The highest BCUT2D eigenvalue weighted by Crippen LogP contribution is 2.12. The Balaban J connectivity index is 2.04. The zero-order valence-corrected chi connectivity index (χ0v) is 6.51. The molecule has 0 bridgehead atoms. The van der Waals surface area contributed by atoms with E-state index in [9.17, 15) is 0 Å². The van der Waals surface area contributed by atoms with Gasteiger partial charge in [0, 0.05) is 6.20 Å². The molecule has 1 aliphatic heterocycles. The largest absolute Gasteiger partial charge is 0.260 e. The van der Waals surface area contributed by atoms with Gasteiger partial charge in [-0.15, -0.1) is 0 Å². The summed E-state index contributed by atoms with van der Waals surface area (Å²) in [6, 6.07) is 5.83. The summed E-state index contributed by atoms with van der Waals surface area (Å²) in [6.45, 7) is 0. The summed E-state index contributed by atoms with van der Waals surface area (Å²) < 4.78 is 0. The Bertz CT molecular complexity index is 291. The van der Waals surface area contributed by atoms with Gasteiger partial charge in [0.15, 0.2) is 12.4 Å². The van der Waals surface area contributed by atoms with Gasteiger partial charge in [0.25, 0.3) is 0 Å². The predicted octanol–water partition coefficient (Wildman–Crippen LogP) is 1.27. The van der Waals surface area contributed by atoms with Gasteiger partial charge in [0.2, 0.25) is 6.17 Å². The van der Waals surface area contributed by atoms with E-state index in [0.29, 0.717) is 6.42 Å². The minimum Gasteiger partial charge on any atom is -0.260 e. The van der Waals surface area contributed by atoms with Gasteiger partial charge in [-0.1, -0.05) is 16.1 Å². The van der Waals surface area contributed by atoms with Gasteiger partial charge in [-0.25, -0.2) is 0 Å². The van der Waals surface area contributed by atoms with Crippen LogP contribution in [0.2, 0.25) is 0 Å². The van der Waals surface area contributed by atoms with E-state index >= 15 is 0 Å². The van der Waals surface area contributed by atoms with Crippen LogP contribution in [0.1, 0.15) is 5.69 Å². The normalized spacial score (nSPS) is 14.2.